The number of aryl methyl sites for hydroxylation is 1. The fraction of sp³-hybridized carbons (Fsp3) is 0.118. The van der Waals surface area contributed by atoms with E-state index in [1.54, 1.807) is 12.1 Å². The average molecular weight is 377 g/mol. The number of hydrogen-bond donors (Lipinski definition) is 1. The Morgan fingerprint density at radius 1 is 1.27 bits per heavy atom. The van der Waals surface area contributed by atoms with E-state index >= 15 is 0 Å². The largest absolute Gasteiger partial charge is 0.467 e. The molecule has 136 valence electrons. The Hall–Kier alpha value is -3.07. The van der Waals surface area contributed by atoms with Crippen LogP contribution in [-0.4, -0.2) is 18.9 Å². The second kappa shape index (κ2) is 6.68. The molecule has 0 spiro atoms. The van der Waals surface area contributed by atoms with Gasteiger partial charge in [-0.1, -0.05) is 6.07 Å². The summed E-state index contributed by atoms with van der Waals surface area (Å²) in [4.78, 5) is 11.3. The maximum absolute atomic E-state index is 13.7. The van der Waals surface area contributed by atoms with Crippen molar-refractivity contribution < 1.29 is 22.0 Å². The van der Waals surface area contributed by atoms with Crippen molar-refractivity contribution in [3.63, 3.8) is 0 Å². The summed E-state index contributed by atoms with van der Waals surface area (Å²) in [6.07, 6.45) is 2.70. The number of halogens is 1. The number of benzene rings is 1. The lowest BCUT2D eigenvalue weighted by molar-refractivity contribution is 0.0992. The summed E-state index contributed by atoms with van der Waals surface area (Å²) in [6, 6.07) is 9.64. The third-order valence-corrected chi connectivity index (χ3v) is 5.54. The maximum atomic E-state index is 13.7. The van der Waals surface area contributed by atoms with Crippen LogP contribution in [0.2, 0.25) is 0 Å². The number of rotatable bonds is 6. The van der Waals surface area contributed by atoms with Crippen LogP contribution in [0.25, 0.3) is 0 Å². The third kappa shape index (κ3) is 3.33. The molecule has 0 saturated heterocycles. The summed E-state index contributed by atoms with van der Waals surface area (Å²) < 4.78 is 47.5. The third-order valence-electron chi connectivity index (χ3n) is 3.80. The number of carbonyl (C=O) groups excluding carboxylic acids is 1. The number of aromatic nitrogens is 1. The minimum absolute atomic E-state index is 0.0424. The van der Waals surface area contributed by atoms with Crippen LogP contribution >= 0.6 is 0 Å². The van der Waals surface area contributed by atoms with Gasteiger partial charge < -0.3 is 14.7 Å². The van der Waals surface area contributed by atoms with Crippen LogP contribution in [0.4, 0.5) is 10.1 Å². The Morgan fingerprint density at radius 3 is 2.62 bits per heavy atom. The van der Waals surface area contributed by atoms with Gasteiger partial charge in [-0.2, -0.15) is 0 Å². The zero-order valence-corrected chi connectivity index (χ0v) is 14.6. The molecule has 2 heterocycles. The molecule has 7 nitrogen and oxygen atoms in total. The molecule has 0 aliphatic rings. The van der Waals surface area contributed by atoms with Gasteiger partial charge in [0.2, 0.25) is 0 Å². The van der Waals surface area contributed by atoms with Crippen molar-refractivity contribution >= 4 is 21.6 Å². The summed E-state index contributed by atoms with van der Waals surface area (Å²) in [7, 11) is -2.59. The number of sulfonamides is 1. The average Bonchev–Trinajstić information content (AvgIpc) is 3.22. The standard InChI is InChI=1S/C17H16FN3O4S/c1-20-11-15(9-16(20)17(19)22)26(23,24)21(10-14-6-3-7-25-14)13-5-2-4-12(18)8-13/h2-9,11H,10H2,1H3,(H2,19,22). The van der Waals surface area contributed by atoms with Gasteiger partial charge in [0.1, 0.15) is 22.2 Å². The molecular formula is C17H16FN3O4S. The molecule has 1 amide bonds. The summed E-state index contributed by atoms with van der Waals surface area (Å²) in [5, 5.41) is 0. The van der Waals surface area contributed by atoms with Crippen molar-refractivity contribution in [2.75, 3.05) is 4.31 Å². The van der Waals surface area contributed by atoms with Crippen molar-refractivity contribution in [1.29, 1.82) is 0 Å². The molecule has 0 aliphatic carbocycles. The van der Waals surface area contributed by atoms with E-state index in [1.165, 1.54) is 48.3 Å². The van der Waals surface area contributed by atoms with Gasteiger partial charge in [-0.05, 0) is 36.4 Å². The lowest BCUT2D eigenvalue weighted by Crippen LogP contribution is -2.30. The molecule has 1 aromatic carbocycles. The Morgan fingerprint density at radius 2 is 2.04 bits per heavy atom. The van der Waals surface area contributed by atoms with Crippen molar-refractivity contribution in [2.45, 2.75) is 11.4 Å². The van der Waals surface area contributed by atoms with Crippen LogP contribution in [0.1, 0.15) is 16.2 Å². The van der Waals surface area contributed by atoms with E-state index in [2.05, 4.69) is 0 Å². The Labute approximate surface area is 149 Å². The van der Waals surface area contributed by atoms with Gasteiger partial charge >= 0.3 is 0 Å². The van der Waals surface area contributed by atoms with Gasteiger partial charge in [-0.15, -0.1) is 0 Å². The molecule has 0 unspecified atom stereocenters. The lowest BCUT2D eigenvalue weighted by Gasteiger charge is -2.23. The molecule has 0 radical (unpaired) electrons. The number of amides is 1. The molecule has 3 rings (SSSR count). The Bertz CT molecular complexity index is 1040. The van der Waals surface area contributed by atoms with Crippen LogP contribution in [0.3, 0.4) is 0 Å². The topological polar surface area (TPSA) is 98.5 Å². The van der Waals surface area contributed by atoms with Crippen LogP contribution in [0.5, 0.6) is 0 Å². The Kier molecular flexibility index (Phi) is 4.56. The minimum Gasteiger partial charge on any atom is -0.467 e. The van der Waals surface area contributed by atoms with Crippen molar-refractivity contribution in [2.24, 2.45) is 12.8 Å². The monoisotopic (exact) mass is 377 g/mol. The molecule has 0 fully saturated rings. The van der Waals surface area contributed by atoms with E-state index < -0.39 is 21.7 Å². The first kappa shape index (κ1) is 17.7. The van der Waals surface area contributed by atoms with Crippen molar-refractivity contribution in [1.82, 2.24) is 4.57 Å². The summed E-state index contributed by atoms with van der Waals surface area (Å²) >= 11 is 0. The predicted molar refractivity (Wildman–Crippen MR) is 92.4 cm³/mol. The number of carbonyl (C=O) groups is 1. The molecule has 3 aromatic rings. The van der Waals surface area contributed by atoms with Crippen LogP contribution in [0.15, 0.2) is 64.2 Å². The highest BCUT2D eigenvalue weighted by atomic mass is 32.2. The highest BCUT2D eigenvalue weighted by Crippen LogP contribution is 2.27. The first-order chi connectivity index (χ1) is 12.3. The number of nitrogens with two attached hydrogens (primary N) is 1. The van der Waals surface area contributed by atoms with Gasteiger partial charge in [-0.25, -0.2) is 12.8 Å². The van der Waals surface area contributed by atoms with Gasteiger partial charge in [0.25, 0.3) is 15.9 Å². The number of primary amides is 1. The second-order valence-corrected chi connectivity index (χ2v) is 7.47. The highest BCUT2D eigenvalue weighted by molar-refractivity contribution is 7.92. The number of furan rings is 1. The van der Waals surface area contributed by atoms with Crippen LogP contribution < -0.4 is 10.0 Å². The van der Waals surface area contributed by atoms with E-state index in [0.717, 1.165) is 10.4 Å². The number of nitrogens with zero attached hydrogens (tertiary/aromatic N) is 2. The zero-order chi connectivity index (χ0) is 18.9. The molecule has 0 bridgehead atoms. The van der Waals surface area contributed by atoms with Gasteiger partial charge in [-0.3, -0.25) is 9.10 Å². The van der Waals surface area contributed by atoms with Crippen molar-refractivity contribution in [3.05, 3.63) is 72.2 Å². The van der Waals surface area contributed by atoms with E-state index in [1.807, 2.05) is 0 Å². The van der Waals surface area contributed by atoms with Gasteiger partial charge in [0, 0.05) is 13.2 Å². The summed E-state index contributed by atoms with van der Waals surface area (Å²) in [5.41, 5.74) is 5.43. The molecule has 0 saturated carbocycles. The molecule has 0 atom stereocenters. The van der Waals surface area contributed by atoms with Crippen LogP contribution in [-0.2, 0) is 23.6 Å². The summed E-state index contributed by atoms with van der Waals surface area (Å²) in [6.45, 7) is -0.139. The summed E-state index contributed by atoms with van der Waals surface area (Å²) in [5.74, 6) is -0.950. The first-order valence-corrected chi connectivity index (χ1v) is 9.00. The molecule has 9 heteroatoms. The number of anilines is 1. The highest BCUT2D eigenvalue weighted by Gasteiger charge is 2.28. The smallest absolute Gasteiger partial charge is 0.266 e. The van der Waals surface area contributed by atoms with Crippen molar-refractivity contribution in [3.8, 4) is 0 Å². The molecule has 0 aliphatic heterocycles. The maximum Gasteiger partial charge on any atom is 0.266 e. The molecule has 2 aromatic heterocycles. The predicted octanol–water partition coefficient (Wildman–Crippen LogP) is 2.25. The van der Waals surface area contributed by atoms with E-state index in [9.17, 15) is 17.6 Å². The SMILES string of the molecule is Cn1cc(S(=O)(=O)N(Cc2ccco2)c2cccc(F)c2)cc1C(N)=O. The quantitative estimate of drug-likeness (QED) is 0.712. The lowest BCUT2D eigenvalue weighted by atomic mass is 10.3. The minimum atomic E-state index is -4.10. The molecular weight excluding hydrogens is 361 g/mol. The van der Waals surface area contributed by atoms with E-state index in [-0.39, 0.29) is 22.8 Å². The van der Waals surface area contributed by atoms with E-state index in [0.29, 0.717) is 5.76 Å². The van der Waals surface area contributed by atoms with Crippen LogP contribution in [0, 0.1) is 5.82 Å². The van der Waals surface area contributed by atoms with Gasteiger partial charge in [0.15, 0.2) is 0 Å². The molecule has 26 heavy (non-hydrogen) atoms. The normalized spacial score (nSPS) is 11.5. The number of hydrogen-bond acceptors (Lipinski definition) is 4. The first-order valence-electron chi connectivity index (χ1n) is 7.56. The van der Waals surface area contributed by atoms with Gasteiger partial charge in [0.05, 0.1) is 18.5 Å². The fourth-order valence-electron chi connectivity index (χ4n) is 2.54. The fourth-order valence-corrected chi connectivity index (χ4v) is 4.03. The second-order valence-electron chi connectivity index (χ2n) is 5.61. The Balaban J connectivity index is 2.10. The zero-order valence-electron chi connectivity index (χ0n) is 13.8. The van der Waals surface area contributed by atoms with E-state index in [4.69, 9.17) is 10.2 Å². The molecule has 2 N–H and O–H groups in total.